The molecule has 0 aliphatic carbocycles. The quantitative estimate of drug-likeness (QED) is 0.705. The Kier molecular flexibility index (Phi) is 6.31. The number of carbonyl (C=O) groups is 1. The topological polar surface area (TPSA) is 42.0 Å². The maximum atomic E-state index is 12.4. The highest BCUT2D eigenvalue weighted by Gasteiger charge is 2.30. The van der Waals surface area contributed by atoms with E-state index in [1.807, 2.05) is 24.3 Å². The van der Waals surface area contributed by atoms with Crippen LogP contribution in [0.1, 0.15) is 5.56 Å². The molecule has 1 fully saturated rings. The molecule has 0 aromatic heterocycles. The third-order valence-electron chi connectivity index (χ3n) is 4.55. The fourth-order valence-corrected chi connectivity index (χ4v) is 3.11. The highest BCUT2D eigenvalue weighted by Crippen LogP contribution is 2.28. The van der Waals surface area contributed by atoms with Gasteiger partial charge in [-0.3, -0.25) is 4.79 Å². The predicted molar refractivity (Wildman–Crippen MR) is 104 cm³/mol. The Balaban J connectivity index is 1.54. The van der Waals surface area contributed by atoms with Crippen molar-refractivity contribution in [1.82, 2.24) is 4.90 Å². The van der Waals surface area contributed by atoms with Crippen LogP contribution in [0.25, 0.3) is 6.08 Å². The Morgan fingerprint density at radius 1 is 1.00 bits per heavy atom. The van der Waals surface area contributed by atoms with Crippen molar-refractivity contribution in [3.05, 3.63) is 60.2 Å². The maximum absolute atomic E-state index is 12.4. The summed E-state index contributed by atoms with van der Waals surface area (Å²) in [6.07, 6.45) is -1.72. The zero-order valence-corrected chi connectivity index (χ0v) is 15.9. The minimum absolute atomic E-state index is 0.139. The SMILES string of the molecule is COc1ccccc1N1CCN(C(=O)/C=C/c2ccc(OC(F)(F)F)cc2)CC1. The van der Waals surface area contributed by atoms with Crippen LogP contribution in [-0.4, -0.2) is 50.5 Å². The van der Waals surface area contributed by atoms with Crippen LogP contribution in [0.2, 0.25) is 0 Å². The number of ether oxygens (including phenoxy) is 2. The smallest absolute Gasteiger partial charge is 0.495 e. The first-order chi connectivity index (χ1) is 13.9. The zero-order valence-electron chi connectivity index (χ0n) is 15.9. The number of nitrogens with zero attached hydrogens (tertiary/aromatic N) is 2. The van der Waals surface area contributed by atoms with Gasteiger partial charge in [0, 0.05) is 32.3 Å². The largest absolute Gasteiger partial charge is 0.573 e. The molecule has 3 rings (SSSR count). The summed E-state index contributed by atoms with van der Waals surface area (Å²) in [7, 11) is 1.63. The number of methoxy groups -OCH3 is 1. The normalized spacial score (nSPS) is 14.9. The first kappa shape index (κ1) is 20.6. The van der Waals surface area contributed by atoms with Crippen molar-refractivity contribution in [1.29, 1.82) is 0 Å². The van der Waals surface area contributed by atoms with Gasteiger partial charge in [0.25, 0.3) is 0 Å². The Morgan fingerprint density at radius 2 is 1.66 bits per heavy atom. The van der Waals surface area contributed by atoms with Crippen LogP contribution >= 0.6 is 0 Å². The Hall–Kier alpha value is -3.16. The lowest BCUT2D eigenvalue weighted by molar-refractivity contribution is -0.274. The van der Waals surface area contributed by atoms with Gasteiger partial charge in [0.05, 0.1) is 12.8 Å². The van der Waals surface area contributed by atoms with E-state index in [0.717, 1.165) is 11.4 Å². The third-order valence-corrected chi connectivity index (χ3v) is 4.55. The van der Waals surface area contributed by atoms with E-state index in [1.54, 1.807) is 18.1 Å². The Morgan fingerprint density at radius 3 is 2.28 bits per heavy atom. The second-order valence-corrected chi connectivity index (χ2v) is 6.43. The molecule has 29 heavy (non-hydrogen) atoms. The molecule has 0 spiro atoms. The molecule has 0 N–H and O–H groups in total. The van der Waals surface area contributed by atoms with Crippen molar-refractivity contribution in [2.45, 2.75) is 6.36 Å². The molecule has 0 atom stereocenters. The average Bonchev–Trinajstić information content (AvgIpc) is 2.72. The number of alkyl halides is 3. The summed E-state index contributed by atoms with van der Waals surface area (Å²) in [5.74, 6) is 0.360. The van der Waals surface area contributed by atoms with Gasteiger partial charge in [0.15, 0.2) is 0 Å². The monoisotopic (exact) mass is 406 g/mol. The van der Waals surface area contributed by atoms with Gasteiger partial charge in [-0.1, -0.05) is 24.3 Å². The predicted octanol–water partition coefficient (Wildman–Crippen LogP) is 3.96. The summed E-state index contributed by atoms with van der Waals surface area (Å²) in [6.45, 7) is 2.51. The first-order valence-corrected chi connectivity index (χ1v) is 9.06. The number of halogens is 3. The van der Waals surface area contributed by atoms with Gasteiger partial charge in [-0.05, 0) is 35.9 Å². The van der Waals surface area contributed by atoms with Crippen LogP contribution in [-0.2, 0) is 4.79 Å². The lowest BCUT2D eigenvalue weighted by Gasteiger charge is -2.36. The van der Waals surface area contributed by atoms with E-state index in [4.69, 9.17) is 4.74 Å². The van der Waals surface area contributed by atoms with Crippen molar-refractivity contribution in [2.75, 3.05) is 38.2 Å². The lowest BCUT2D eigenvalue weighted by atomic mass is 10.2. The van der Waals surface area contributed by atoms with E-state index < -0.39 is 6.36 Å². The average molecular weight is 406 g/mol. The van der Waals surface area contributed by atoms with Crippen molar-refractivity contribution < 1.29 is 27.4 Å². The van der Waals surface area contributed by atoms with Crippen LogP contribution in [0, 0.1) is 0 Å². The number of rotatable bonds is 5. The Labute approximate surface area is 166 Å². The molecule has 2 aromatic rings. The highest BCUT2D eigenvalue weighted by molar-refractivity contribution is 5.92. The van der Waals surface area contributed by atoms with Crippen molar-refractivity contribution in [2.24, 2.45) is 0 Å². The second-order valence-electron chi connectivity index (χ2n) is 6.43. The van der Waals surface area contributed by atoms with E-state index >= 15 is 0 Å². The van der Waals surface area contributed by atoms with Crippen LogP contribution in [0.3, 0.4) is 0 Å². The number of piperazine rings is 1. The second kappa shape index (κ2) is 8.89. The van der Waals surface area contributed by atoms with Crippen molar-refractivity contribution in [3.8, 4) is 11.5 Å². The van der Waals surface area contributed by atoms with Crippen LogP contribution in [0.15, 0.2) is 54.6 Å². The molecule has 0 saturated carbocycles. The van der Waals surface area contributed by atoms with E-state index in [1.165, 1.54) is 30.3 Å². The van der Waals surface area contributed by atoms with E-state index in [0.29, 0.717) is 31.7 Å². The van der Waals surface area contributed by atoms with Gasteiger partial charge in [-0.2, -0.15) is 0 Å². The first-order valence-electron chi connectivity index (χ1n) is 9.06. The highest BCUT2D eigenvalue weighted by atomic mass is 19.4. The van der Waals surface area contributed by atoms with Crippen LogP contribution in [0.5, 0.6) is 11.5 Å². The van der Waals surface area contributed by atoms with E-state index in [9.17, 15) is 18.0 Å². The van der Waals surface area contributed by atoms with Gasteiger partial charge in [0.1, 0.15) is 11.5 Å². The molecule has 0 bridgehead atoms. The molecule has 1 aliphatic rings. The molecular formula is C21H21F3N2O3. The number of para-hydroxylation sites is 2. The molecule has 1 amide bonds. The summed E-state index contributed by atoms with van der Waals surface area (Å²) in [4.78, 5) is 16.3. The van der Waals surface area contributed by atoms with Gasteiger partial charge in [-0.15, -0.1) is 13.2 Å². The van der Waals surface area contributed by atoms with Crippen LogP contribution < -0.4 is 14.4 Å². The summed E-state index contributed by atoms with van der Waals surface area (Å²) in [5, 5.41) is 0. The molecule has 8 heteroatoms. The summed E-state index contributed by atoms with van der Waals surface area (Å²) in [6, 6.07) is 13.1. The lowest BCUT2D eigenvalue weighted by Crippen LogP contribution is -2.48. The number of benzene rings is 2. The number of anilines is 1. The fraction of sp³-hybridized carbons (Fsp3) is 0.286. The van der Waals surface area contributed by atoms with Gasteiger partial charge in [-0.25, -0.2) is 0 Å². The van der Waals surface area contributed by atoms with E-state index in [2.05, 4.69) is 9.64 Å². The number of hydrogen-bond donors (Lipinski definition) is 0. The molecule has 154 valence electrons. The summed E-state index contributed by atoms with van der Waals surface area (Å²) >= 11 is 0. The number of carbonyl (C=O) groups excluding carboxylic acids is 1. The van der Waals surface area contributed by atoms with Gasteiger partial charge in [0.2, 0.25) is 5.91 Å². The minimum atomic E-state index is -4.72. The standard InChI is InChI=1S/C21H21F3N2O3/c1-28-19-5-3-2-4-18(19)25-12-14-26(15-13-25)20(27)11-8-16-6-9-17(10-7-16)29-21(22,23)24/h2-11H,12-15H2,1H3/b11-8+. The van der Waals surface area contributed by atoms with Gasteiger partial charge >= 0.3 is 6.36 Å². The fourth-order valence-electron chi connectivity index (χ4n) is 3.11. The zero-order chi connectivity index (χ0) is 20.9. The number of hydrogen-bond acceptors (Lipinski definition) is 4. The summed E-state index contributed by atoms with van der Waals surface area (Å²) < 4.78 is 45.8. The number of amides is 1. The molecule has 2 aromatic carbocycles. The van der Waals surface area contributed by atoms with Gasteiger partial charge < -0.3 is 19.3 Å². The third kappa shape index (κ3) is 5.66. The summed E-state index contributed by atoms with van der Waals surface area (Å²) in [5.41, 5.74) is 1.61. The van der Waals surface area contributed by atoms with E-state index in [-0.39, 0.29) is 11.7 Å². The molecule has 1 aliphatic heterocycles. The maximum Gasteiger partial charge on any atom is 0.573 e. The molecule has 1 heterocycles. The minimum Gasteiger partial charge on any atom is -0.495 e. The molecule has 0 radical (unpaired) electrons. The Bertz CT molecular complexity index is 858. The molecule has 5 nitrogen and oxygen atoms in total. The molecule has 0 unspecified atom stereocenters. The van der Waals surface area contributed by atoms with Crippen LogP contribution in [0.4, 0.5) is 18.9 Å². The molecular weight excluding hydrogens is 385 g/mol. The molecule has 1 saturated heterocycles. The van der Waals surface area contributed by atoms with Crippen molar-refractivity contribution >= 4 is 17.7 Å². The van der Waals surface area contributed by atoms with Crippen molar-refractivity contribution in [3.63, 3.8) is 0 Å².